The van der Waals surface area contributed by atoms with E-state index in [1.807, 2.05) is 26.8 Å². The van der Waals surface area contributed by atoms with E-state index in [4.69, 9.17) is 5.73 Å². The largest absolute Gasteiger partial charge is 0.508 e. The first kappa shape index (κ1) is 14.0. The number of nitrogen functional groups attached to an aromatic ring is 1. The van der Waals surface area contributed by atoms with Crippen LogP contribution in [0.4, 0.5) is 5.69 Å². The number of benzene rings is 1. The van der Waals surface area contributed by atoms with E-state index in [2.05, 4.69) is 11.1 Å². The molecule has 3 rings (SSSR count). The lowest BCUT2D eigenvalue weighted by Crippen LogP contribution is -1.93. The number of nitrogens with two attached hydrogens (primary N) is 1. The van der Waals surface area contributed by atoms with Crippen molar-refractivity contribution in [3.8, 4) is 22.9 Å². The van der Waals surface area contributed by atoms with Crippen molar-refractivity contribution in [3.63, 3.8) is 0 Å². The van der Waals surface area contributed by atoms with Crippen LogP contribution in [0, 0.1) is 32.1 Å². The Morgan fingerprint density at radius 2 is 1.95 bits per heavy atom. The number of aromatic nitrogens is 2. The zero-order valence-corrected chi connectivity index (χ0v) is 12.7. The standard InChI is InChI=1S/C17H16N4O/c1-9-4-5-14(22)11(3)15(9)16-13-7-20-10(2)8-21(13)12(6-18)17(16)19/h4-5,7-8,22H,19H2,1-3H3. The number of fused-ring (bicyclic) bond motifs is 1. The average Bonchev–Trinajstić information content (AvgIpc) is 2.75. The number of hydrogen-bond acceptors (Lipinski definition) is 4. The monoisotopic (exact) mass is 292 g/mol. The van der Waals surface area contributed by atoms with Crippen molar-refractivity contribution < 1.29 is 5.11 Å². The Kier molecular flexibility index (Phi) is 3.03. The van der Waals surface area contributed by atoms with Crippen molar-refractivity contribution >= 4 is 11.2 Å². The zero-order chi connectivity index (χ0) is 16.0. The summed E-state index contributed by atoms with van der Waals surface area (Å²) in [6, 6.07) is 5.66. The van der Waals surface area contributed by atoms with Gasteiger partial charge in [-0.1, -0.05) is 6.07 Å². The van der Waals surface area contributed by atoms with E-state index in [0.29, 0.717) is 11.4 Å². The Balaban J connectivity index is 2.51. The molecule has 0 fully saturated rings. The van der Waals surface area contributed by atoms with Crippen molar-refractivity contribution in [1.29, 1.82) is 5.26 Å². The van der Waals surface area contributed by atoms with Gasteiger partial charge in [0.05, 0.1) is 23.1 Å². The lowest BCUT2D eigenvalue weighted by atomic mass is 9.94. The molecule has 5 nitrogen and oxygen atoms in total. The van der Waals surface area contributed by atoms with Crippen molar-refractivity contribution in [2.45, 2.75) is 20.8 Å². The fraction of sp³-hybridized carbons (Fsp3) is 0.176. The molecule has 3 aromatic rings. The second-order valence-electron chi connectivity index (χ2n) is 5.43. The van der Waals surface area contributed by atoms with Gasteiger partial charge in [-0.05, 0) is 43.5 Å². The second kappa shape index (κ2) is 4.78. The highest BCUT2D eigenvalue weighted by atomic mass is 16.3. The molecule has 0 bridgehead atoms. The van der Waals surface area contributed by atoms with Crippen LogP contribution >= 0.6 is 0 Å². The fourth-order valence-electron chi connectivity index (χ4n) is 2.87. The van der Waals surface area contributed by atoms with Crippen molar-refractivity contribution in [1.82, 2.24) is 9.38 Å². The molecule has 0 saturated carbocycles. The maximum atomic E-state index is 10.0. The number of hydrogen-bond donors (Lipinski definition) is 2. The second-order valence-corrected chi connectivity index (χ2v) is 5.43. The van der Waals surface area contributed by atoms with Gasteiger partial charge in [-0.2, -0.15) is 5.26 Å². The summed E-state index contributed by atoms with van der Waals surface area (Å²) in [4.78, 5) is 4.32. The van der Waals surface area contributed by atoms with Crippen LogP contribution < -0.4 is 5.73 Å². The van der Waals surface area contributed by atoms with Crippen LogP contribution in [-0.2, 0) is 0 Å². The zero-order valence-electron chi connectivity index (χ0n) is 12.7. The Labute approximate surface area is 128 Å². The van der Waals surface area contributed by atoms with Crippen molar-refractivity contribution in [2.75, 3.05) is 5.73 Å². The minimum Gasteiger partial charge on any atom is -0.508 e. The molecule has 0 aliphatic rings. The van der Waals surface area contributed by atoms with E-state index < -0.39 is 0 Å². The van der Waals surface area contributed by atoms with Gasteiger partial charge >= 0.3 is 0 Å². The summed E-state index contributed by atoms with van der Waals surface area (Å²) >= 11 is 0. The number of rotatable bonds is 1. The molecule has 0 aliphatic heterocycles. The molecular formula is C17H16N4O. The van der Waals surface area contributed by atoms with E-state index in [0.717, 1.165) is 33.5 Å². The Morgan fingerprint density at radius 3 is 2.64 bits per heavy atom. The van der Waals surface area contributed by atoms with Gasteiger partial charge in [0, 0.05) is 11.8 Å². The van der Waals surface area contributed by atoms with Gasteiger partial charge in [-0.15, -0.1) is 0 Å². The molecular weight excluding hydrogens is 276 g/mol. The topological polar surface area (TPSA) is 87.3 Å². The highest BCUT2D eigenvalue weighted by molar-refractivity contribution is 5.96. The maximum Gasteiger partial charge on any atom is 0.148 e. The number of nitriles is 1. The number of nitrogens with zero attached hydrogens (tertiary/aromatic N) is 3. The van der Waals surface area contributed by atoms with Gasteiger partial charge < -0.3 is 15.2 Å². The number of phenols is 1. The molecule has 110 valence electrons. The molecule has 2 aromatic heterocycles. The summed E-state index contributed by atoms with van der Waals surface area (Å²) in [7, 11) is 0. The SMILES string of the molecule is Cc1cn2c(C#N)c(N)c(-c3c(C)ccc(O)c3C)c2cn1. The van der Waals surface area contributed by atoms with E-state index in [9.17, 15) is 10.4 Å². The number of phenolic OH excluding ortho intramolecular Hbond substituents is 1. The van der Waals surface area contributed by atoms with Crippen molar-refractivity contribution in [2.24, 2.45) is 0 Å². The third-order valence-electron chi connectivity index (χ3n) is 3.99. The predicted molar refractivity (Wildman–Crippen MR) is 85.6 cm³/mol. The lowest BCUT2D eigenvalue weighted by Gasteiger charge is -2.12. The first-order valence-electron chi connectivity index (χ1n) is 6.91. The van der Waals surface area contributed by atoms with Gasteiger partial charge in [-0.25, -0.2) is 0 Å². The molecule has 0 amide bonds. The number of anilines is 1. The van der Waals surface area contributed by atoms with E-state index in [-0.39, 0.29) is 5.75 Å². The minimum atomic E-state index is 0.206. The minimum absolute atomic E-state index is 0.206. The summed E-state index contributed by atoms with van der Waals surface area (Å²) in [5.74, 6) is 0.206. The molecule has 2 heterocycles. The Bertz CT molecular complexity index is 948. The summed E-state index contributed by atoms with van der Waals surface area (Å²) in [6.07, 6.45) is 3.51. The van der Waals surface area contributed by atoms with Gasteiger partial charge in [-0.3, -0.25) is 4.98 Å². The van der Waals surface area contributed by atoms with Gasteiger partial charge in [0.2, 0.25) is 0 Å². The lowest BCUT2D eigenvalue weighted by molar-refractivity contribution is 0.471. The molecule has 0 saturated heterocycles. The quantitative estimate of drug-likeness (QED) is 0.721. The van der Waals surface area contributed by atoms with E-state index >= 15 is 0 Å². The van der Waals surface area contributed by atoms with Crippen LogP contribution in [0.2, 0.25) is 0 Å². The summed E-state index contributed by atoms with van der Waals surface area (Å²) in [5.41, 5.74) is 11.9. The van der Waals surface area contributed by atoms with Crippen LogP contribution in [0.25, 0.3) is 16.6 Å². The molecule has 5 heteroatoms. The molecule has 0 spiro atoms. The fourth-order valence-corrected chi connectivity index (χ4v) is 2.87. The summed E-state index contributed by atoms with van der Waals surface area (Å²) in [6.45, 7) is 5.66. The highest BCUT2D eigenvalue weighted by Gasteiger charge is 2.21. The predicted octanol–water partition coefficient (Wildman–Crippen LogP) is 3.09. The highest BCUT2D eigenvalue weighted by Crippen LogP contribution is 2.40. The first-order valence-corrected chi connectivity index (χ1v) is 6.91. The van der Waals surface area contributed by atoms with Gasteiger partial charge in [0.25, 0.3) is 0 Å². The van der Waals surface area contributed by atoms with Crippen LogP contribution in [-0.4, -0.2) is 14.5 Å². The van der Waals surface area contributed by atoms with E-state index in [1.165, 1.54) is 0 Å². The molecule has 22 heavy (non-hydrogen) atoms. The molecule has 3 N–H and O–H groups in total. The number of aryl methyl sites for hydroxylation is 2. The summed E-state index contributed by atoms with van der Waals surface area (Å²) in [5, 5.41) is 19.5. The van der Waals surface area contributed by atoms with Crippen molar-refractivity contribution in [3.05, 3.63) is 47.0 Å². The van der Waals surface area contributed by atoms with Crippen LogP contribution in [0.3, 0.4) is 0 Å². The normalized spacial score (nSPS) is 10.8. The Morgan fingerprint density at radius 1 is 1.23 bits per heavy atom. The maximum absolute atomic E-state index is 10.0. The Hall–Kier alpha value is -3.00. The third-order valence-corrected chi connectivity index (χ3v) is 3.99. The smallest absolute Gasteiger partial charge is 0.148 e. The summed E-state index contributed by atoms with van der Waals surface area (Å²) < 4.78 is 1.76. The van der Waals surface area contributed by atoms with E-state index in [1.54, 1.807) is 22.9 Å². The average molecular weight is 292 g/mol. The third kappa shape index (κ3) is 1.81. The van der Waals surface area contributed by atoms with Crippen LogP contribution in [0.1, 0.15) is 22.5 Å². The van der Waals surface area contributed by atoms with Crippen LogP contribution in [0.5, 0.6) is 5.75 Å². The molecule has 0 radical (unpaired) electrons. The first-order chi connectivity index (χ1) is 10.5. The van der Waals surface area contributed by atoms with Gasteiger partial charge in [0.1, 0.15) is 17.5 Å². The molecule has 1 aromatic carbocycles. The number of aromatic hydroxyl groups is 1. The molecule has 0 aliphatic carbocycles. The van der Waals surface area contributed by atoms with Crippen LogP contribution in [0.15, 0.2) is 24.5 Å². The molecule has 0 atom stereocenters. The van der Waals surface area contributed by atoms with Gasteiger partial charge in [0.15, 0.2) is 0 Å². The molecule has 0 unspecified atom stereocenters.